The van der Waals surface area contributed by atoms with Gasteiger partial charge in [0, 0.05) is 23.4 Å². The molecule has 5 nitrogen and oxygen atoms in total. The Morgan fingerprint density at radius 1 is 1.13 bits per heavy atom. The molecule has 1 amide bonds. The number of hydrogen-bond acceptors (Lipinski definition) is 5. The van der Waals surface area contributed by atoms with Crippen LogP contribution in [0.4, 0.5) is 0 Å². The molecule has 0 aliphatic heterocycles. The minimum Gasteiger partial charge on any atom is -0.496 e. The van der Waals surface area contributed by atoms with Gasteiger partial charge in [0.05, 0.1) is 14.2 Å². The first kappa shape index (κ1) is 17.3. The highest BCUT2D eigenvalue weighted by atomic mass is 32.1. The monoisotopic (exact) mass is 335 g/mol. The number of methoxy groups -OCH3 is 3. The van der Waals surface area contributed by atoms with E-state index in [2.05, 4.69) is 5.32 Å². The summed E-state index contributed by atoms with van der Waals surface area (Å²) in [6.07, 6.45) is -0.182. The van der Waals surface area contributed by atoms with Crippen LogP contribution < -0.4 is 14.8 Å². The van der Waals surface area contributed by atoms with E-state index in [9.17, 15) is 4.79 Å². The molecule has 0 spiro atoms. The van der Waals surface area contributed by atoms with E-state index >= 15 is 0 Å². The Labute approximate surface area is 140 Å². The van der Waals surface area contributed by atoms with Crippen LogP contribution >= 0.6 is 11.3 Å². The molecule has 1 aromatic carbocycles. The first-order chi connectivity index (χ1) is 11.1. The zero-order valence-electron chi connectivity index (χ0n) is 13.7. The highest BCUT2D eigenvalue weighted by Gasteiger charge is 2.20. The standard InChI is InChI=1S/C17H21NO4S/c1-11-8-9-15(23-11)14(22-4)10-18-17(19)16-12(20-2)6-5-7-13(16)21-3/h5-9,14H,10H2,1-4H3,(H,18,19). The van der Waals surface area contributed by atoms with Gasteiger partial charge in [-0.3, -0.25) is 4.79 Å². The maximum Gasteiger partial charge on any atom is 0.258 e. The van der Waals surface area contributed by atoms with Crippen molar-refractivity contribution in [2.24, 2.45) is 0 Å². The van der Waals surface area contributed by atoms with E-state index in [1.54, 1.807) is 36.6 Å². The number of carbonyl (C=O) groups excluding carboxylic acids is 1. The summed E-state index contributed by atoms with van der Waals surface area (Å²) in [6.45, 7) is 2.41. The number of ether oxygens (including phenoxy) is 3. The number of aryl methyl sites for hydroxylation is 1. The Morgan fingerprint density at radius 2 is 1.78 bits per heavy atom. The molecule has 0 saturated heterocycles. The van der Waals surface area contributed by atoms with Gasteiger partial charge in [-0.2, -0.15) is 0 Å². The van der Waals surface area contributed by atoms with Crippen LogP contribution in [0.3, 0.4) is 0 Å². The van der Waals surface area contributed by atoms with Gasteiger partial charge in [-0.25, -0.2) is 0 Å². The van der Waals surface area contributed by atoms with Gasteiger partial charge in [-0.05, 0) is 31.2 Å². The van der Waals surface area contributed by atoms with Crippen molar-refractivity contribution < 1.29 is 19.0 Å². The lowest BCUT2D eigenvalue weighted by Crippen LogP contribution is -2.29. The van der Waals surface area contributed by atoms with Crippen LogP contribution in [0.2, 0.25) is 0 Å². The van der Waals surface area contributed by atoms with Crippen LogP contribution in [0.5, 0.6) is 11.5 Å². The Bertz CT molecular complexity index is 646. The zero-order valence-corrected chi connectivity index (χ0v) is 14.5. The summed E-state index contributed by atoms with van der Waals surface area (Å²) in [5.41, 5.74) is 0.384. The number of benzene rings is 1. The Hall–Kier alpha value is -2.05. The van der Waals surface area contributed by atoms with Crippen LogP contribution in [-0.4, -0.2) is 33.8 Å². The average Bonchev–Trinajstić information content (AvgIpc) is 3.00. The molecule has 0 aliphatic rings. The molecule has 1 heterocycles. The van der Waals surface area contributed by atoms with E-state index in [0.29, 0.717) is 23.6 Å². The van der Waals surface area contributed by atoms with Crippen LogP contribution in [0, 0.1) is 6.92 Å². The number of amides is 1. The van der Waals surface area contributed by atoms with Crippen molar-refractivity contribution >= 4 is 17.2 Å². The van der Waals surface area contributed by atoms with Gasteiger partial charge in [0.25, 0.3) is 5.91 Å². The molecule has 1 unspecified atom stereocenters. The fraction of sp³-hybridized carbons (Fsp3) is 0.353. The number of rotatable bonds is 7. The Balaban J connectivity index is 2.13. The van der Waals surface area contributed by atoms with Gasteiger partial charge in [-0.15, -0.1) is 11.3 Å². The summed E-state index contributed by atoms with van der Waals surface area (Å²) in [6, 6.07) is 9.30. The molecule has 1 aromatic heterocycles. The number of hydrogen-bond donors (Lipinski definition) is 1. The van der Waals surface area contributed by atoms with E-state index in [1.165, 1.54) is 19.1 Å². The van der Waals surface area contributed by atoms with Gasteiger partial charge in [0.2, 0.25) is 0 Å². The van der Waals surface area contributed by atoms with E-state index in [0.717, 1.165) is 4.88 Å². The molecule has 6 heteroatoms. The van der Waals surface area contributed by atoms with Crippen LogP contribution in [0.1, 0.15) is 26.2 Å². The van der Waals surface area contributed by atoms with Crippen molar-refractivity contribution in [2.45, 2.75) is 13.0 Å². The molecular formula is C17H21NO4S. The lowest BCUT2D eigenvalue weighted by molar-refractivity contribution is 0.0833. The summed E-state index contributed by atoms with van der Waals surface area (Å²) < 4.78 is 16.0. The minimum atomic E-state index is -0.255. The molecule has 124 valence electrons. The second kappa shape index (κ2) is 7.99. The molecule has 1 N–H and O–H groups in total. The molecule has 0 aliphatic carbocycles. The summed E-state index contributed by atoms with van der Waals surface area (Å²) in [5, 5.41) is 2.89. The maximum absolute atomic E-state index is 12.5. The zero-order chi connectivity index (χ0) is 16.8. The second-order valence-electron chi connectivity index (χ2n) is 4.92. The largest absolute Gasteiger partial charge is 0.496 e. The van der Waals surface area contributed by atoms with Gasteiger partial charge in [0.1, 0.15) is 23.2 Å². The quantitative estimate of drug-likeness (QED) is 0.844. The van der Waals surface area contributed by atoms with Crippen LogP contribution in [-0.2, 0) is 4.74 Å². The Morgan fingerprint density at radius 3 is 2.26 bits per heavy atom. The van der Waals surface area contributed by atoms with E-state index in [4.69, 9.17) is 14.2 Å². The topological polar surface area (TPSA) is 56.8 Å². The molecule has 0 saturated carbocycles. The summed E-state index contributed by atoms with van der Waals surface area (Å²) >= 11 is 1.66. The van der Waals surface area contributed by atoms with Crippen molar-refractivity contribution in [3.8, 4) is 11.5 Å². The van der Waals surface area contributed by atoms with Crippen LogP contribution in [0.15, 0.2) is 30.3 Å². The van der Waals surface area contributed by atoms with Gasteiger partial charge in [-0.1, -0.05) is 6.07 Å². The van der Waals surface area contributed by atoms with Gasteiger partial charge >= 0.3 is 0 Å². The third kappa shape index (κ3) is 4.03. The lowest BCUT2D eigenvalue weighted by atomic mass is 10.1. The SMILES string of the molecule is COc1cccc(OC)c1C(=O)NCC(OC)c1ccc(C)s1. The third-order valence-corrected chi connectivity index (χ3v) is 4.56. The third-order valence-electron chi connectivity index (χ3n) is 3.47. The molecule has 23 heavy (non-hydrogen) atoms. The summed E-state index contributed by atoms with van der Waals surface area (Å²) in [5.74, 6) is 0.695. The number of thiophene rings is 1. The lowest BCUT2D eigenvalue weighted by Gasteiger charge is -2.17. The van der Waals surface area contributed by atoms with Crippen molar-refractivity contribution in [1.82, 2.24) is 5.32 Å². The highest BCUT2D eigenvalue weighted by molar-refractivity contribution is 7.12. The highest BCUT2D eigenvalue weighted by Crippen LogP contribution is 2.29. The van der Waals surface area contributed by atoms with Crippen molar-refractivity contribution in [2.75, 3.05) is 27.9 Å². The molecule has 2 aromatic rings. The minimum absolute atomic E-state index is 0.182. The molecular weight excluding hydrogens is 314 g/mol. The fourth-order valence-electron chi connectivity index (χ4n) is 2.28. The van der Waals surface area contributed by atoms with Crippen molar-refractivity contribution in [3.63, 3.8) is 0 Å². The van der Waals surface area contributed by atoms with Crippen LogP contribution in [0.25, 0.3) is 0 Å². The normalized spacial score (nSPS) is 11.8. The second-order valence-corrected chi connectivity index (χ2v) is 6.24. The summed E-state index contributed by atoms with van der Waals surface area (Å²) in [7, 11) is 4.69. The molecule has 2 rings (SSSR count). The van der Waals surface area contributed by atoms with Gasteiger partial charge < -0.3 is 19.5 Å². The van der Waals surface area contributed by atoms with E-state index < -0.39 is 0 Å². The predicted octanol–water partition coefficient (Wildman–Crippen LogP) is 3.19. The first-order valence-electron chi connectivity index (χ1n) is 7.19. The van der Waals surface area contributed by atoms with Crippen molar-refractivity contribution in [3.05, 3.63) is 45.6 Å². The predicted molar refractivity (Wildman–Crippen MR) is 90.7 cm³/mol. The number of carbonyl (C=O) groups is 1. The number of nitrogens with one attached hydrogen (secondary N) is 1. The summed E-state index contributed by atoms with van der Waals surface area (Å²) in [4.78, 5) is 14.8. The molecule has 0 fully saturated rings. The van der Waals surface area contributed by atoms with E-state index in [-0.39, 0.29) is 12.0 Å². The molecule has 1 atom stereocenters. The molecule has 0 bridgehead atoms. The first-order valence-corrected chi connectivity index (χ1v) is 8.00. The van der Waals surface area contributed by atoms with Gasteiger partial charge in [0.15, 0.2) is 0 Å². The molecule has 0 radical (unpaired) electrons. The van der Waals surface area contributed by atoms with Crippen molar-refractivity contribution in [1.29, 1.82) is 0 Å². The Kier molecular flexibility index (Phi) is 6.01. The average molecular weight is 335 g/mol. The maximum atomic E-state index is 12.5. The van der Waals surface area contributed by atoms with E-state index in [1.807, 2.05) is 19.1 Å². The fourth-order valence-corrected chi connectivity index (χ4v) is 3.23. The smallest absolute Gasteiger partial charge is 0.258 e.